The van der Waals surface area contributed by atoms with E-state index in [2.05, 4.69) is 17.1 Å². The monoisotopic (exact) mass is 430 g/mol. The topological polar surface area (TPSA) is 34.1 Å². The summed E-state index contributed by atoms with van der Waals surface area (Å²) in [4.78, 5) is 0. The molecular formula is C23H24Cl2N2O2. The lowest BCUT2D eigenvalue weighted by Gasteiger charge is -2.43. The highest BCUT2D eigenvalue weighted by molar-refractivity contribution is 6.35. The van der Waals surface area contributed by atoms with Gasteiger partial charge in [-0.3, -0.25) is 0 Å². The van der Waals surface area contributed by atoms with Gasteiger partial charge in [-0.25, -0.2) is 5.01 Å². The Hall–Kier alpha value is -1.91. The van der Waals surface area contributed by atoms with E-state index in [4.69, 9.17) is 37.8 Å². The molecule has 6 heteroatoms. The first-order valence-corrected chi connectivity index (χ1v) is 11.1. The molecular weight excluding hydrogens is 407 g/mol. The maximum Gasteiger partial charge on any atom is 0.190 e. The van der Waals surface area contributed by atoms with Crippen LogP contribution in [0.3, 0.4) is 0 Å². The third-order valence-electron chi connectivity index (χ3n) is 6.31. The van der Waals surface area contributed by atoms with Gasteiger partial charge in [-0.05, 0) is 54.8 Å². The molecule has 2 atom stereocenters. The molecule has 0 aromatic heterocycles. The summed E-state index contributed by atoms with van der Waals surface area (Å²) in [6, 6.07) is 11.9. The fourth-order valence-electron chi connectivity index (χ4n) is 4.83. The number of ether oxygens (including phenoxy) is 2. The molecule has 0 saturated heterocycles. The van der Waals surface area contributed by atoms with E-state index >= 15 is 0 Å². The van der Waals surface area contributed by atoms with Crippen LogP contribution in [0.15, 0.2) is 41.5 Å². The van der Waals surface area contributed by atoms with Gasteiger partial charge in [-0.15, -0.1) is 0 Å². The summed E-state index contributed by atoms with van der Waals surface area (Å²) in [6.07, 6.45) is 6.87. The van der Waals surface area contributed by atoms with Crippen LogP contribution in [-0.4, -0.2) is 24.1 Å². The number of hydrogen-bond acceptors (Lipinski definition) is 4. The smallest absolute Gasteiger partial charge is 0.190 e. The second-order valence-corrected chi connectivity index (χ2v) is 8.93. The summed E-state index contributed by atoms with van der Waals surface area (Å²) < 4.78 is 11.8. The molecule has 0 N–H and O–H groups in total. The standard InChI is InChI=1S/C23H24Cl2N2O2/c1-28-17-9-7-14(8-10-17)20-13-21-18-11-16(24)12-19(25)22(18)29-23(27(21)26-20)15-5-3-2-4-6-15/h7-12,15,21,23H,2-6,13H2,1H3/t21-,23-/m1/s1. The van der Waals surface area contributed by atoms with E-state index < -0.39 is 0 Å². The van der Waals surface area contributed by atoms with Crippen molar-refractivity contribution in [2.24, 2.45) is 11.0 Å². The van der Waals surface area contributed by atoms with Gasteiger partial charge in [0.2, 0.25) is 0 Å². The van der Waals surface area contributed by atoms with Gasteiger partial charge in [-0.1, -0.05) is 42.5 Å². The van der Waals surface area contributed by atoms with Gasteiger partial charge in [0.05, 0.1) is 23.9 Å². The minimum Gasteiger partial charge on any atom is -0.497 e. The Morgan fingerprint density at radius 3 is 2.55 bits per heavy atom. The molecule has 1 saturated carbocycles. The second-order valence-electron chi connectivity index (χ2n) is 8.09. The molecule has 0 bridgehead atoms. The lowest BCUT2D eigenvalue weighted by atomic mass is 9.86. The third kappa shape index (κ3) is 3.47. The molecule has 0 unspecified atom stereocenters. The van der Waals surface area contributed by atoms with Crippen LogP contribution in [0.2, 0.25) is 10.0 Å². The van der Waals surface area contributed by atoms with E-state index in [0.29, 0.717) is 16.0 Å². The van der Waals surface area contributed by atoms with Crippen LogP contribution in [0.1, 0.15) is 55.7 Å². The largest absolute Gasteiger partial charge is 0.497 e. The molecule has 4 nitrogen and oxygen atoms in total. The van der Waals surface area contributed by atoms with Crippen molar-refractivity contribution in [1.82, 2.24) is 5.01 Å². The molecule has 5 rings (SSSR count). The van der Waals surface area contributed by atoms with Crippen molar-refractivity contribution in [3.05, 3.63) is 57.6 Å². The Morgan fingerprint density at radius 2 is 1.83 bits per heavy atom. The Balaban J connectivity index is 1.54. The van der Waals surface area contributed by atoms with Crippen LogP contribution < -0.4 is 9.47 Å². The molecule has 29 heavy (non-hydrogen) atoms. The Kier molecular flexibility index (Phi) is 5.09. The minimum atomic E-state index is -0.0813. The summed E-state index contributed by atoms with van der Waals surface area (Å²) in [7, 11) is 1.68. The molecule has 2 aliphatic heterocycles. The summed E-state index contributed by atoms with van der Waals surface area (Å²) in [5.41, 5.74) is 3.20. The summed E-state index contributed by atoms with van der Waals surface area (Å²) in [5, 5.41) is 8.44. The number of nitrogens with zero attached hydrogens (tertiary/aromatic N) is 2. The van der Waals surface area contributed by atoms with E-state index in [0.717, 1.165) is 34.8 Å². The highest BCUT2D eigenvalue weighted by Gasteiger charge is 2.44. The lowest BCUT2D eigenvalue weighted by molar-refractivity contribution is -0.0642. The molecule has 1 fully saturated rings. The quantitative estimate of drug-likeness (QED) is 0.560. The zero-order chi connectivity index (χ0) is 20.0. The zero-order valence-corrected chi connectivity index (χ0v) is 17.9. The lowest BCUT2D eigenvalue weighted by Crippen LogP contribution is -2.46. The Bertz CT molecular complexity index is 939. The normalized spacial score (nSPS) is 23.8. The van der Waals surface area contributed by atoms with Gasteiger partial charge in [0.15, 0.2) is 6.23 Å². The average Bonchev–Trinajstić information content (AvgIpc) is 3.20. The van der Waals surface area contributed by atoms with E-state index in [9.17, 15) is 0 Å². The molecule has 0 radical (unpaired) electrons. The van der Waals surface area contributed by atoms with Crippen molar-refractivity contribution in [3.63, 3.8) is 0 Å². The van der Waals surface area contributed by atoms with Gasteiger partial charge in [0.25, 0.3) is 0 Å². The average molecular weight is 431 g/mol. The van der Waals surface area contributed by atoms with Crippen LogP contribution in [0.4, 0.5) is 0 Å². The molecule has 2 aromatic carbocycles. The number of rotatable bonds is 3. The van der Waals surface area contributed by atoms with E-state index in [1.807, 2.05) is 18.2 Å². The first-order chi connectivity index (χ1) is 14.1. The SMILES string of the molecule is COc1ccc(C2=NN3[C@H](C2)c2cc(Cl)cc(Cl)c2O[C@@H]3C2CCCCC2)cc1. The van der Waals surface area contributed by atoms with Crippen molar-refractivity contribution in [1.29, 1.82) is 0 Å². The Labute approximate surface area is 181 Å². The zero-order valence-electron chi connectivity index (χ0n) is 16.4. The fraction of sp³-hybridized carbons (Fsp3) is 0.435. The number of benzene rings is 2. The molecule has 3 aliphatic rings. The summed E-state index contributed by atoms with van der Waals surface area (Å²) in [6.45, 7) is 0. The number of hydrogen-bond donors (Lipinski definition) is 0. The summed E-state index contributed by atoms with van der Waals surface area (Å²) in [5.74, 6) is 2.08. The van der Waals surface area contributed by atoms with Gasteiger partial charge in [0.1, 0.15) is 11.5 Å². The second kappa shape index (κ2) is 7.73. The first-order valence-electron chi connectivity index (χ1n) is 10.3. The van der Waals surface area contributed by atoms with Crippen LogP contribution in [-0.2, 0) is 0 Å². The predicted octanol–water partition coefficient (Wildman–Crippen LogP) is 6.45. The summed E-state index contributed by atoms with van der Waals surface area (Å²) >= 11 is 12.9. The van der Waals surface area contributed by atoms with Crippen molar-refractivity contribution in [2.75, 3.05) is 7.11 Å². The molecule has 2 aromatic rings. The van der Waals surface area contributed by atoms with Gasteiger partial charge < -0.3 is 9.47 Å². The van der Waals surface area contributed by atoms with Crippen LogP contribution in [0.25, 0.3) is 0 Å². The maximum absolute atomic E-state index is 6.55. The van der Waals surface area contributed by atoms with E-state index in [1.54, 1.807) is 13.2 Å². The molecule has 152 valence electrons. The minimum absolute atomic E-state index is 0.0813. The van der Waals surface area contributed by atoms with E-state index in [-0.39, 0.29) is 12.3 Å². The highest BCUT2D eigenvalue weighted by Crippen LogP contribution is 2.49. The van der Waals surface area contributed by atoms with Crippen molar-refractivity contribution in [2.45, 2.75) is 50.8 Å². The Morgan fingerprint density at radius 1 is 1.07 bits per heavy atom. The molecule has 0 spiro atoms. The van der Waals surface area contributed by atoms with Crippen LogP contribution in [0.5, 0.6) is 11.5 Å². The molecule has 1 aliphatic carbocycles. The third-order valence-corrected chi connectivity index (χ3v) is 6.81. The number of hydrazone groups is 1. The number of halogens is 2. The van der Waals surface area contributed by atoms with Gasteiger partial charge in [-0.2, -0.15) is 5.10 Å². The van der Waals surface area contributed by atoms with Crippen LogP contribution >= 0.6 is 23.2 Å². The number of methoxy groups -OCH3 is 1. The fourth-order valence-corrected chi connectivity index (χ4v) is 5.38. The molecule has 2 heterocycles. The highest BCUT2D eigenvalue weighted by atomic mass is 35.5. The van der Waals surface area contributed by atoms with Crippen molar-refractivity contribution in [3.8, 4) is 11.5 Å². The first kappa shape index (κ1) is 19.1. The van der Waals surface area contributed by atoms with Gasteiger partial charge >= 0.3 is 0 Å². The van der Waals surface area contributed by atoms with E-state index in [1.165, 1.54) is 32.1 Å². The predicted molar refractivity (Wildman–Crippen MR) is 116 cm³/mol. The molecule has 0 amide bonds. The van der Waals surface area contributed by atoms with Crippen LogP contribution in [0, 0.1) is 5.92 Å². The van der Waals surface area contributed by atoms with Crippen molar-refractivity contribution < 1.29 is 9.47 Å². The van der Waals surface area contributed by atoms with Crippen molar-refractivity contribution >= 4 is 28.9 Å². The van der Waals surface area contributed by atoms with Gasteiger partial charge in [0, 0.05) is 22.9 Å². The number of fused-ring (bicyclic) bond motifs is 3. The maximum atomic E-state index is 6.55.